The number of benzene rings is 1. The largest absolute Gasteiger partial charge is 0.445 e. The van der Waals surface area contributed by atoms with Gasteiger partial charge < -0.3 is 14.0 Å². The van der Waals surface area contributed by atoms with E-state index < -0.39 is 6.09 Å². The van der Waals surface area contributed by atoms with Gasteiger partial charge in [-0.3, -0.25) is 5.32 Å². The number of rotatable bonds is 3. The Bertz CT molecular complexity index is 923. The van der Waals surface area contributed by atoms with E-state index in [-0.39, 0.29) is 11.9 Å². The lowest BCUT2D eigenvalue weighted by molar-refractivity contribution is -0.938. The third-order valence-electron chi connectivity index (χ3n) is 6.53. The van der Waals surface area contributed by atoms with E-state index in [2.05, 4.69) is 19.4 Å². The zero-order valence-corrected chi connectivity index (χ0v) is 17.0. The van der Waals surface area contributed by atoms with E-state index in [9.17, 15) is 9.18 Å². The molecule has 2 bridgehead atoms. The number of halogens is 1. The third kappa shape index (κ3) is 2.93. The minimum atomic E-state index is -0.479. The molecule has 7 heteroatoms. The van der Waals surface area contributed by atoms with Gasteiger partial charge in [0.1, 0.15) is 36.2 Å². The molecular formula is C21H24FN2O3S+. The highest BCUT2D eigenvalue weighted by atomic mass is 32.1. The normalized spacial score (nSPS) is 31.9. The molecule has 0 radical (unpaired) electrons. The molecule has 5 atom stereocenters. The third-order valence-corrected chi connectivity index (χ3v) is 7.61. The van der Waals surface area contributed by atoms with Crippen LogP contribution in [0.5, 0.6) is 0 Å². The molecule has 28 heavy (non-hydrogen) atoms. The number of aryl methyl sites for hydroxylation is 1. The van der Waals surface area contributed by atoms with E-state index in [4.69, 9.17) is 9.47 Å². The van der Waals surface area contributed by atoms with Crippen molar-refractivity contribution in [2.45, 2.75) is 50.2 Å². The van der Waals surface area contributed by atoms with Gasteiger partial charge in [0.2, 0.25) is 0 Å². The van der Waals surface area contributed by atoms with Crippen LogP contribution in [0.3, 0.4) is 0 Å². The number of nitrogens with one attached hydrogen (secondary N) is 1. The van der Waals surface area contributed by atoms with Crippen LogP contribution in [0.1, 0.15) is 18.4 Å². The molecule has 3 fully saturated rings. The monoisotopic (exact) mass is 403 g/mol. The molecule has 2 aromatic rings. The van der Waals surface area contributed by atoms with Crippen LogP contribution < -0.4 is 5.32 Å². The fourth-order valence-corrected chi connectivity index (χ4v) is 5.92. The lowest BCUT2D eigenvalue weighted by Crippen LogP contribution is -2.60. The van der Waals surface area contributed by atoms with Gasteiger partial charge >= 0.3 is 6.09 Å². The summed E-state index contributed by atoms with van der Waals surface area (Å²) >= 11 is 1.53. The van der Waals surface area contributed by atoms with E-state index in [1.807, 2.05) is 18.4 Å². The number of likely N-dealkylation sites (N-methyl/N-ethyl adjacent to an activating group) is 1. The fourth-order valence-electron chi connectivity index (χ4n) is 4.99. The van der Waals surface area contributed by atoms with Crippen LogP contribution >= 0.6 is 11.3 Å². The molecule has 5 nitrogen and oxygen atoms in total. The molecule has 3 aliphatic rings. The Kier molecular flexibility index (Phi) is 4.05. The molecule has 1 aromatic carbocycles. The Morgan fingerprint density at radius 1 is 1.25 bits per heavy atom. The summed E-state index contributed by atoms with van der Waals surface area (Å²) in [5.41, 5.74) is 2.34. The predicted octanol–water partition coefficient (Wildman–Crippen LogP) is 4.17. The Morgan fingerprint density at radius 3 is 2.61 bits per heavy atom. The van der Waals surface area contributed by atoms with E-state index in [1.165, 1.54) is 23.5 Å². The zero-order chi connectivity index (χ0) is 19.6. The van der Waals surface area contributed by atoms with Gasteiger partial charge in [-0.2, -0.15) is 0 Å². The van der Waals surface area contributed by atoms with Crippen molar-refractivity contribution in [3.05, 3.63) is 41.0 Å². The van der Waals surface area contributed by atoms with E-state index >= 15 is 0 Å². The zero-order valence-electron chi connectivity index (χ0n) is 16.1. The molecular weight excluding hydrogens is 379 g/mol. The van der Waals surface area contributed by atoms with Crippen LogP contribution in [0, 0.1) is 12.7 Å². The molecule has 0 saturated carbocycles. The lowest BCUT2D eigenvalue weighted by Gasteiger charge is -2.45. The van der Waals surface area contributed by atoms with Crippen LogP contribution in [0.4, 0.5) is 14.9 Å². The number of epoxide rings is 1. The van der Waals surface area contributed by atoms with Gasteiger partial charge in [0.05, 0.1) is 19.8 Å². The summed E-state index contributed by atoms with van der Waals surface area (Å²) in [5.74, 6) is -0.331. The summed E-state index contributed by atoms with van der Waals surface area (Å²) in [6.07, 6.45) is 1.69. The number of thiophene rings is 1. The summed E-state index contributed by atoms with van der Waals surface area (Å²) in [6, 6.07) is 7.15. The van der Waals surface area contributed by atoms with Crippen LogP contribution in [0.15, 0.2) is 29.6 Å². The number of morpholine rings is 1. The molecule has 1 N–H and O–H groups in total. The summed E-state index contributed by atoms with van der Waals surface area (Å²) in [6.45, 7) is 1.99. The second kappa shape index (κ2) is 6.27. The average molecular weight is 403 g/mol. The SMILES string of the molecule is Cc1csc(-c2cc(F)ccc2NC(=O)OC2C[C@@H]3[C@@H]4O[C@@H]4[C@H](C2)[N+]3(C)C)c1. The van der Waals surface area contributed by atoms with Crippen molar-refractivity contribution in [1.29, 1.82) is 0 Å². The van der Waals surface area contributed by atoms with Gasteiger partial charge in [-0.25, -0.2) is 9.18 Å². The lowest BCUT2D eigenvalue weighted by atomic mass is 9.96. The highest BCUT2D eigenvalue weighted by Crippen LogP contribution is 2.51. The maximum absolute atomic E-state index is 13.8. The molecule has 4 heterocycles. The van der Waals surface area contributed by atoms with Gasteiger partial charge in [0.15, 0.2) is 0 Å². The first-order valence-corrected chi connectivity index (χ1v) is 10.5. The molecule has 148 valence electrons. The molecule has 0 aliphatic carbocycles. The van der Waals surface area contributed by atoms with Gasteiger partial charge in [0, 0.05) is 23.3 Å². The topological polar surface area (TPSA) is 50.9 Å². The van der Waals surface area contributed by atoms with Crippen molar-refractivity contribution in [2.24, 2.45) is 0 Å². The second-order valence-electron chi connectivity index (χ2n) is 8.63. The minimum Gasteiger partial charge on any atom is -0.445 e. The van der Waals surface area contributed by atoms with Gasteiger partial charge in [0.25, 0.3) is 0 Å². The second-order valence-corrected chi connectivity index (χ2v) is 9.54. The number of carbonyl (C=O) groups excluding carboxylic acids is 1. The Hall–Kier alpha value is -1.96. The highest BCUT2D eigenvalue weighted by Gasteiger charge is 2.70. The van der Waals surface area contributed by atoms with E-state index in [0.717, 1.165) is 27.8 Å². The first-order chi connectivity index (χ1) is 13.3. The van der Waals surface area contributed by atoms with Crippen LogP contribution in [-0.2, 0) is 9.47 Å². The van der Waals surface area contributed by atoms with Crippen molar-refractivity contribution < 1.29 is 23.1 Å². The number of amides is 1. The number of hydrogen-bond acceptors (Lipinski definition) is 4. The maximum atomic E-state index is 13.8. The van der Waals surface area contributed by atoms with Crippen molar-refractivity contribution in [2.75, 3.05) is 19.4 Å². The molecule has 1 unspecified atom stereocenters. The van der Waals surface area contributed by atoms with Crippen molar-refractivity contribution in [1.82, 2.24) is 0 Å². The molecule has 1 amide bonds. The van der Waals surface area contributed by atoms with E-state index in [1.54, 1.807) is 6.07 Å². The number of anilines is 1. The van der Waals surface area contributed by atoms with Crippen molar-refractivity contribution in [3.63, 3.8) is 0 Å². The van der Waals surface area contributed by atoms with Crippen molar-refractivity contribution in [3.8, 4) is 10.4 Å². The number of carbonyl (C=O) groups is 1. The minimum absolute atomic E-state index is 0.106. The van der Waals surface area contributed by atoms with Crippen LogP contribution in [-0.4, -0.2) is 55.1 Å². The number of piperidine rings is 1. The smallest absolute Gasteiger partial charge is 0.411 e. The average Bonchev–Trinajstić information content (AvgIpc) is 3.27. The summed E-state index contributed by atoms with van der Waals surface area (Å²) in [5, 5.41) is 4.84. The number of quaternary nitrogens is 1. The Morgan fingerprint density at radius 2 is 1.96 bits per heavy atom. The summed E-state index contributed by atoms with van der Waals surface area (Å²) in [4.78, 5) is 13.5. The quantitative estimate of drug-likeness (QED) is 0.618. The van der Waals surface area contributed by atoms with Crippen LogP contribution in [0.25, 0.3) is 10.4 Å². The Balaban J connectivity index is 1.29. The fraction of sp³-hybridized carbons (Fsp3) is 0.476. The highest BCUT2D eigenvalue weighted by molar-refractivity contribution is 7.13. The summed E-state index contributed by atoms with van der Waals surface area (Å²) in [7, 11) is 4.49. The summed E-state index contributed by atoms with van der Waals surface area (Å²) < 4.78 is 26.3. The molecule has 1 aromatic heterocycles. The predicted molar refractivity (Wildman–Crippen MR) is 106 cm³/mol. The number of nitrogens with zero attached hydrogens (tertiary/aromatic N) is 1. The molecule has 3 aliphatic heterocycles. The maximum Gasteiger partial charge on any atom is 0.411 e. The number of fused-ring (bicyclic) bond motifs is 5. The number of hydrogen-bond donors (Lipinski definition) is 1. The Labute approximate surface area is 167 Å². The molecule has 3 saturated heterocycles. The first-order valence-electron chi connectivity index (χ1n) is 9.64. The van der Waals surface area contributed by atoms with Gasteiger partial charge in [-0.15, -0.1) is 11.3 Å². The van der Waals surface area contributed by atoms with Crippen molar-refractivity contribution >= 4 is 23.1 Å². The molecule has 5 rings (SSSR count). The first kappa shape index (κ1) is 18.1. The van der Waals surface area contributed by atoms with Gasteiger partial charge in [-0.05, 0) is 42.1 Å². The van der Waals surface area contributed by atoms with E-state index in [0.29, 0.717) is 35.5 Å². The standard InChI is InChI=1S/C21H23FN2O3S/c1-11-6-18(28-10-11)14-7-12(22)4-5-15(14)23-21(25)26-13-8-16-19-20(27-19)17(9-13)24(16,2)3/h4-7,10,13,16-17,19-20H,8-9H2,1-3H3/p+1/t13?,16-,17+,19+,20-. The molecule has 0 spiro atoms. The number of ether oxygens (including phenoxy) is 2. The van der Waals surface area contributed by atoms with Crippen LogP contribution in [0.2, 0.25) is 0 Å². The van der Waals surface area contributed by atoms with Gasteiger partial charge in [-0.1, -0.05) is 0 Å².